The maximum Gasteiger partial charge on any atom is 0.152 e. The first-order valence-electron chi connectivity index (χ1n) is 28.1. The molecule has 0 N–H and O–H groups in total. The fourth-order valence-electron chi connectivity index (χ4n) is 13.2. The van der Waals surface area contributed by atoms with Gasteiger partial charge in [0, 0.05) is 43.7 Å². The van der Waals surface area contributed by atoms with Gasteiger partial charge in [-0.3, -0.25) is 0 Å². The van der Waals surface area contributed by atoms with E-state index in [0.29, 0.717) is 0 Å². The van der Waals surface area contributed by atoms with E-state index < -0.39 is 0 Å². The number of para-hydroxylation sites is 1. The minimum Gasteiger partial charge on any atom is -0.453 e. The largest absolute Gasteiger partial charge is 0.453 e. The summed E-state index contributed by atoms with van der Waals surface area (Å²) in [5.41, 5.74) is 24.4. The van der Waals surface area contributed by atoms with E-state index in [1.807, 2.05) is 0 Å². The van der Waals surface area contributed by atoms with Crippen molar-refractivity contribution in [2.24, 2.45) is 0 Å². The lowest BCUT2D eigenvalue weighted by molar-refractivity contribution is 0.476. The van der Waals surface area contributed by atoms with Gasteiger partial charge < -0.3 is 18.4 Å². The molecule has 17 rings (SSSR count). The maximum absolute atomic E-state index is 6.88. The Labute approximate surface area is 473 Å². The van der Waals surface area contributed by atoms with E-state index in [4.69, 9.17) is 4.74 Å². The molecule has 0 saturated carbocycles. The Balaban J connectivity index is 0.747. The van der Waals surface area contributed by atoms with Crippen molar-refractivity contribution in [1.82, 2.24) is 13.7 Å². The van der Waals surface area contributed by atoms with Crippen molar-refractivity contribution in [3.63, 3.8) is 0 Å². The second-order valence-corrected chi connectivity index (χ2v) is 21.6. The van der Waals surface area contributed by atoms with Crippen molar-refractivity contribution in [2.75, 3.05) is 0 Å². The van der Waals surface area contributed by atoms with Crippen LogP contribution in [0.1, 0.15) is 0 Å². The van der Waals surface area contributed by atoms with E-state index in [0.717, 1.165) is 56.3 Å². The number of hydrogen-bond donors (Lipinski definition) is 0. The average Bonchev–Trinajstić information content (AvgIpc) is 2.83. The lowest BCUT2D eigenvalue weighted by Gasteiger charge is -2.22. The highest BCUT2D eigenvalue weighted by Gasteiger charge is 2.27. The zero-order valence-electron chi connectivity index (χ0n) is 44.5. The lowest BCUT2D eigenvalue weighted by atomic mass is 9.98. The molecule has 4 nitrogen and oxygen atoms in total. The van der Waals surface area contributed by atoms with Gasteiger partial charge in [0.15, 0.2) is 11.5 Å². The molecule has 3 aromatic heterocycles. The molecule has 82 heavy (non-hydrogen) atoms. The van der Waals surface area contributed by atoms with Gasteiger partial charge in [-0.05, 0) is 170 Å². The first-order chi connectivity index (χ1) is 40.6. The third-order valence-electron chi connectivity index (χ3n) is 17.1. The van der Waals surface area contributed by atoms with E-state index in [9.17, 15) is 0 Å². The van der Waals surface area contributed by atoms with Crippen LogP contribution in [0, 0.1) is 0 Å². The smallest absolute Gasteiger partial charge is 0.152 e. The number of fused-ring (bicyclic) bond motifs is 11. The van der Waals surface area contributed by atoms with E-state index in [1.54, 1.807) is 0 Å². The SMILES string of the molecule is c1ccc(-c2ccc3c(c2)c2cc(-c4ccccc4)ccc2n3-c2ccc(-c3ccc4c(c3)-n3c5ccccc5c5c(-c6ccc(-n7c8ccc(-c9ccccc9)cc8c8cc(-c9ccccc9)ccc87)cc6)ccc(c53)O4)cc2)cc1. The summed E-state index contributed by atoms with van der Waals surface area (Å²) in [5.74, 6) is 1.68. The first-order valence-corrected chi connectivity index (χ1v) is 28.1. The van der Waals surface area contributed by atoms with Crippen LogP contribution in [0.3, 0.4) is 0 Å². The number of hydrogen-bond acceptors (Lipinski definition) is 1. The van der Waals surface area contributed by atoms with Crippen molar-refractivity contribution < 1.29 is 4.74 Å². The molecule has 0 spiro atoms. The van der Waals surface area contributed by atoms with Crippen LogP contribution in [0.25, 0.3) is 149 Å². The molecule has 4 heterocycles. The van der Waals surface area contributed by atoms with E-state index in [2.05, 4.69) is 311 Å². The zero-order chi connectivity index (χ0) is 53.8. The Kier molecular flexibility index (Phi) is 10.3. The van der Waals surface area contributed by atoms with Crippen LogP contribution in [-0.2, 0) is 0 Å². The van der Waals surface area contributed by atoms with Gasteiger partial charge in [0.25, 0.3) is 0 Å². The Morgan fingerprint density at radius 3 is 1.01 bits per heavy atom. The first kappa shape index (κ1) is 46.0. The second kappa shape index (κ2) is 18.3. The van der Waals surface area contributed by atoms with Crippen molar-refractivity contribution in [3.8, 4) is 95.3 Å². The van der Waals surface area contributed by atoms with Crippen molar-refractivity contribution in [3.05, 3.63) is 297 Å². The lowest BCUT2D eigenvalue weighted by Crippen LogP contribution is -2.04. The van der Waals surface area contributed by atoms with Gasteiger partial charge in [0.1, 0.15) is 0 Å². The molecule has 0 atom stereocenters. The molecule has 0 radical (unpaired) electrons. The van der Waals surface area contributed by atoms with E-state index in [-0.39, 0.29) is 0 Å². The molecule has 382 valence electrons. The fourth-order valence-corrected chi connectivity index (χ4v) is 13.2. The van der Waals surface area contributed by atoms with Crippen LogP contribution in [0.5, 0.6) is 11.5 Å². The van der Waals surface area contributed by atoms with Crippen molar-refractivity contribution in [1.29, 1.82) is 0 Å². The molecule has 0 saturated heterocycles. The minimum atomic E-state index is 0.834. The monoisotopic (exact) mass is 1040 g/mol. The Morgan fingerprint density at radius 2 is 0.561 bits per heavy atom. The Bertz CT molecular complexity index is 5000. The van der Waals surface area contributed by atoms with E-state index in [1.165, 1.54) is 104 Å². The van der Waals surface area contributed by atoms with E-state index >= 15 is 0 Å². The maximum atomic E-state index is 6.88. The fraction of sp³-hybridized carbons (Fsp3) is 0. The molecule has 0 fully saturated rings. The third-order valence-corrected chi connectivity index (χ3v) is 17.1. The molecule has 0 amide bonds. The molecular weight excluding hydrogens is 995 g/mol. The zero-order valence-corrected chi connectivity index (χ0v) is 44.5. The summed E-state index contributed by atoms with van der Waals surface area (Å²) in [6.45, 7) is 0. The highest BCUT2D eigenvalue weighted by Crippen LogP contribution is 2.50. The molecule has 0 bridgehead atoms. The number of aromatic nitrogens is 3. The van der Waals surface area contributed by atoms with Crippen LogP contribution in [0.15, 0.2) is 297 Å². The number of benzene rings is 13. The molecule has 16 aromatic rings. The number of ether oxygens (including phenoxy) is 1. The Hall–Kier alpha value is -10.9. The standard InChI is InChI=1S/C78H49N3O/c1-5-15-50(16-6-1)56-29-39-70-65(45-56)66-46-57(51-17-7-2-8-18-51)30-40-71(66)79(70)61-34-25-54(26-35-61)60-33-43-75-74(49-60)81-69-24-14-13-23-64(69)77-63(38-44-76(82-75)78(77)81)55-27-36-62(37-28-55)80-72-41-31-58(52-19-9-3-10-20-52)47-67(72)68-48-59(32-42-73(68)80)53-21-11-4-12-22-53/h1-49H. The van der Waals surface area contributed by atoms with Crippen molar-refractivity contribution in [2.45, 2.75) is 0 Å². The van der Waals surface area contributed by atoms with Gasteiger partial charge in [-0.15, -0.1) is 0 Å². The molecule has 4 heteroatoms. The highest BCUT2D eigenvalue weighted by atomic mass is 16.5. The molecular formula is C78H49N3O. The summed E-state index contributed by atoms with van der Waals surface area (Å²) in [6.07, 6.45) is 0. The molecule has 13 aromatic carbocycles. The quantitative estimate of drug-likeness (QED) is 0.149. The normalized spacial score (nSPS) is 12.0. The Morgan fingerprint density at radius 1 is 0.220 bits per heavy atom. The van der Waals surface area contributed by atoms with Gasteiger partial charge in [0.05, 0.1) is 38.8 Å². The number of rotatable bonds is 8. The van der Waals surface area contributed by atoms with Gasteiger partial charge in [-0.2, -0.15) is 0 Å². The van der Waals surface area contributed by atoms with Gasteiger partial charge in [-0.1, -0.05) is 194 Å². The number of nitrogens with zero attached hydrogens (tertiary/aromatic N) is 3. The van der Waals surface area contributed by atoms with Gasteiger partial charge in [-0.25, -0.2) is 0 Å². The summed E-state index contributed by atoms with van der Waals surface area (Å²) < 4.78 is 14.1. The van der Waals surface area contributed by atoms with Crippen molar-refractivity contribution >= 4 is 65.4 Å². The highest BCUT2D eigenvalue weighted by molar-refractivity contribution is 6.19. The van der Waals surface area contributed by atoms with Crippen LogP contribution in [-0.4, -0.2) is 13.7 Å². The van der Waals surface area contributed by atoms with Crippen LogP contribution >= 0.6 is 0 Å². The summed E-state index contributed by atoms with van der Waals surface area (Å²) in [6, 6.07) is 108. The second-order valence-electron chi connectivity index (χ2n) is 21.6. The molecule has 0 unspecified atom stereocenters. The molecule has 1 aliphatic rings. The van der Waals surface area contributed by atoms with Crippen LogP contribution in [0.2, 0.25) is 0 Å². The topological polar surface area (TPSA) is 24.0 Å². The van der Waals surface area contributed by atoms with Gasteiger partial charge >= 0.3 is 0 Å². The predicted octanol–water partition coefficient (Wildman–Crippen LogP) is 21.1. The summed E-state index contributed by atoms with van der Waals surface area (Å²) in [5, 5.41) is 7.29. The molecule has 0 aliphatic carbocycles. The summed E-state index contributed by atoms with van der Waals surface area (Å²) in [4.78, 5) is 0. The van der Waals surface area contributed by atoms with Crippen LogP contribution < -0.4 is 4.74 Å². The van der Waals surface area contributed by atoms with Crippen LogP contribution in [0.4, 0.5) is 0 Å². The summed E-state index contributed by atoms with van der Waals surface area (Å²) >= 11 is 0. The predicted molar refractivity (Wildman–Crippen MR) is 342 cm³/mol. The third kappa shape index (κ3) is 7.25. The summed E-state index contributed by atoms with van der Waals surface area (Å²) in [7, 11) is 0. The molecule has 1 aliphatic heterocycles. The average molecular weight is 1040 g/mol. The minimum absolute atomic E-state index is 0.834. The van der Waals surface area contributed by atoms with Gasteiger partial charge in [0.2, 0.25) is 0 Å².